The second-order valence-electron chi connectivity index (χ2n) is 6.09. The summed E-state index contributed by atoms with van der Waals surface area (Å²) in [5.74, 6) is -2.08. The molecular weight excluding hydrogens is 434 g/mol. The number of hydroxylamine groups is 2. The summed E-state index contributed by atoms with van der Waals surface area (Å²) in [6, 6.07) is 6.32. The van der Waals surface area contributed by atoms with Crippen LogP contribution in [0.2, 0.25) is 0 Å². The van der Waals surface area contributed by atoms with Gasteiger partial charge < -0.3 is 4.52 Å². The van der Waals surface area contributed by atoms with E-state index in [4.69, 9.17) is 28.0 Å². The Hall–Kier alpha value is -2.10. The van der Waals surface area contributed by atoms with Gasteiger partial charge in [0, 0.05) is 11.5 Å². The lowest BCUT2D eigenvalue weighted by Crippen LogP contribution is -2.34. The fourth-order valence-electron chi connectivity index (χ4n) is 2.18. The first kappa shape index (κ1) is 23.2. The molecule has 0 spiro atoms. The Labute approximate surface area is 175 Å². The largest absolute Gasteiger partial charge is 0.471 e. The van der Waals surface area contributed by atoms with E-state index in [0.29, 0.717) is 17.5 Å². The summed E-state index contributed by atoms with van der Waals surface area (Å²) in [5.41, 5.74) is 1.02. The summed E-state index contributed by atoms with van der Waals surface area (Å²) in [6.45, 7) is 3.79. The summed E-state index contributed by atoms with van der Waals surface area (Å²) in [4.78, 5) is 21.3. The van der Waals surface area contributed by atoms with Crippen molar-refractivity contribution in [2.75, 3.05) is 6.61 Å². The van der Waals surface area contributed by atoms with Crippen molar-refractivity contribution >= 4 is 29.1 Å². The van der Waals surface area contributed by atoms with Crippen LogP contribution in [-0.4, -0.2) is 27.7 Å². The Morgan fingerprint density at radius 2 is 1.97 bits per heavy atom. The Morgan fingerprint density at radius 3 is 2.48 bits per heavy atom. The first-order valence-corrected chi connectivity index (χ1v) is 9.33. The molecule has 11 heteroatoms. The number of hydrogen-bond donors (Lipinski definition) is 0. The van der Waals surface area contributed by atoms with Crippen LogP contribution in [0.1, 0.15) is 31.7 Å². The SMILES string of the molecule is CCC(C)C(=O)N(Cc1ccc(-c2noc(C(F)(F)F)n2)cc1)OCC=C(Cl)Cl. The zero-order valence-electron chi connectivity index (χ0n) is 15.5. The normalized spacial score (nSPS) is 12.5. The standard InChI is InChI=1S/C18H18Cl2F3N3O3/c1-3-11(2)16(27)26(28-9-8-14(19)20)10-12-4-6-13(7-5-12)15-24-17(29-25-15)18(21,22)23/h4-8,11H,3,9-10H2,1-2H3. The van der Waals surface area contributed by atoms with Gasteiger partial charge in [0.05, 0.1) is 13.2 Å². The number of alkyl halides is 3. The maximum Gasteiger partial charge on any atom is 0.471 e. The summed E-state index contributed by atoms with van der Waals surface area (Å²) in [7, 11) is 0. The number of aromatic nitrogens is 2. The van der Waals surface area contributed by atoms with Gasteiger partial charge in [-0.05, 0) is 18.1 Å². The maximum absolute atomic E-state index is 12.6. The quantitative estimate of drug-likeness (QED) is 0.503. The number of halogens is 5. The highest BCUT2D eigenvalue weighted by molar-refractivity contribution is 6.55. The zero-order valence-corrected chi connectivity index (χ0v) is 17.1. The van der Waals surface area contributed by atoms with Crippen molar-refractivity contribution < 1.29 is 27.3 Å². The number of benzene rings is 1. The molecule has 2 aromatic rings. The third kappa shape index (κ3) is 6.73. The molecule has 1 aromatic heterocycles. The fourth-order valence-corrected chi connectivity index (χ4v) is 2.30. The lowest BCUT2D eigenvalue weighted by Gasteiger charge is -2.24. The van der Waals surface area contributed by atoms with Gasteiger partial charge in [-0.3, -0.25) is 9.63 Å². The van der Waals surface area contributed by atoms with E-state index in [1.807, 2.05) is 6.92 Å². The topological polar surface area (TPSA) is 68.5 Å². The lowest BCUT2D eigenvalue weighted by molar-refractivity contribution is -0.190. The molecule has 0 radical (unpaired) electrons. The van der Waals surface area contributed by atoms with Crippen molar-refractivity contribution in [3.8, 4) is 11.4 Å². The van der Waals surface area contributed by atoms with Gasteiger partial charge in [0.1, 0.15) is 4.49 Å². The predicted molar refractivity (Wildman–Crippen MR) is 100 cm³/mol. The van der Waals surface area contributed by atoms with Crippen LogP contribution in [0.4, 0.5) is 13.2 Å². The predicted octanol–water partition coefficient (Wildman–Crippen LogP) is 5.38. The number of nitrogens with zero attached hydrogens (tertiary/aromatic N) is 3. The van der Waals surface area contributed by atoms with Crippen LogP contribution in [0.3, 0.4) is 0 Å². The van der Waals surface area contributed by atoms with E-state index < -0.39 is 12.1 Å². The van der Waals surface area contributed by atoms with Crippen molar-refractivity contribution in [2.45, 2.75) is 33.0 Å². The van der Waals surface area contributed by atoms with Crippen LogP contribution in [-0.2, 0) is 22.4 Å². The minimum absolute atomic E-state index is 0.00562. The molecule has 1 amide bonds. The van der Waals surface area contributed by atoms with Crippen LogP contribution in [0.25, 0.3) is 11.4 Å². The molecule has 0 bridgehead atoms. The molecule has 0 aliphatic rings. The molecule has 0 aliphatic carbocycles. The molecule has 0 aliphatic heterocycles. The third-order valence-electron chi connectivity index (χ3n) is 3.95. The van der Waals surface area contributed by atoms with Gasteiger partial charge in [0.15, 0.2) is 0 Å². The maximum atomic E-state index is 12.6. The molecule has 158 valence electrons. The average Bonchev–Trinajstić information content (AvgIpc) is 3.17. The second kappa shape index (κ2) is 10.1. The molecule has 1 atom stereocenters. The molecule has 1 aromatic carbocycles. The van der Waals surface area contributed by atoms with Gasteiger partial charge in [-0.25, -0.2) is 5.06 Å². The minimum Gasteiger partial charge on any atom is -0.329 e. The number of hydrogen-bond acceptors (Lipinski definition) is 5. The lowest BCUT2D eigenvalue weighted by atomic mass is 10.1. The molecule has 0 fully saturated rings. The van der Waals surface area contributed by atoms with Gasteiger partial charge >= 0.3 is 12.1 Å². The highest BCUT2D eigenvalue weighted by atomic mass is 35.5. The van der Waals surface area contributed by atoms with Crippen molar-refractivity contribution in [3.63, 3.8) is 0 Å². The highest BCUT2D eigenvalue weighted by Crippen LogP contribution is 2.29. The molecule has 29 heavy (non-hydrogen) atoms. The van der Waals surface area contributed by atoms with Crippen molar-refractivity contribution in [2.24, 2.45) is 5.92 Å². The van der Waals surface area contributed by atoms with Crippen LogP contribution in [0.15, 0.2) is 39.4 Å². The summed E-state index contributed by atoms with van der Waals surface area (Å²) < 4.78 is 42.0. The van der Waals surface area contributed by atoms with Crippen LogP contribution in [0.5, 0.6) is 0 Å². The Morgan fingerprint density at radius 1 is 1.31 bits per heavy atom. The van der Waals surface area contributed by atoms with Gasteiger partial charge in [-0.15, -0.1) is 0 Å². The van der Waals surface area contributed by atoms with Crippen LogP contribution < -0.4 is 0 Å². The van der Waals surface area contributed by atoms with Gasteiger partial charge in [-0.2, -0.15) is 18.2 Å². The first-order chi connectivity index (χ1) is 13.6. The zero-order chi connectivity index (χ0) is 21.6. The Kier molecular flexibility index (Phi) is 8.06. The number of rotatable bonds is 8. The molecule has 2 rings (SSSR count). The molecule has 1 unspecified atom stereocenters. The van der Waals surface area contributed by atoms with Gasteiger partial charge in [0.25, 0.3) is 0 Å². The van der Waals surface area contributed by atoms with Crippen LogP contribution >= 0.6 is 23.2 Å². The molecule has 0 N–H and O–H groups in total. The van der Waals surface area contributed by atoms with E-state index in [9.17, 15) is 18.0 Å². The number of carbonyl (C=O) groups excluding carboxylic acids is 1. The van der Waals surface area contributed by atoms with Crippen molar-refractivity contribution in [1.29, 1.82) is 0 Å². The summed E-state index contributed by atoms with van der Waals surface area (Å²) in [5, 5.41) is 4.54. The molecule has 0 saturated heterocycles. The average molecular weight is 452 g/mol. The summed E-state index contributed by atoms with van der Waals surface area (Å²) in [6.07, 6.45) is -2.68. The Bertz CT molecular complexity index is 850. The smallest absolute Gasteiger partial charge is 0.329 e. The monoisotopic (exact) mass is 451 g/mol. The molecule has 6 nitrogen and oxygen atoms in total. The molecule has 0 saturated carbocycles. The number of carbonyl (C=O) groups is 1. The highest BCUT2D eigenvalue weighted by Gasteiger charge is 2.38. The molecule has 1 heterocycles. The number of amides is 1. The van der Waals surface area contributed by atoms with E-state index in [1.165, 1.54) is 23.3 Å². The fraction of sp³-hybridized carbons (Fsp3) is 0.389. The second-order valence-corrected chi connectivity index (χ2v) is 7.10. The van der Waals surface area contributed by atoms with E-state index in [1.54, 1.807) is 19.1 Å². The van der Waals surface area contributed by atoms with E-state index in [0.717, 1.165) is 0 Å². The van der Waals surface area contributed by atoms with E-state index in [-0.39, 0.29) is 35.3 Å². The van der Waals surface area contributed by atoms with Gasteiger partial charge in [0.2, 0.25) is 11.7 Å². The van der Waals surface area contributed by atoms with Crippen molar-refractivity contribution in [3.05, 3.63) is 46.3 Å². The van der Waals surface area contributed by atoms with E-state index >= 15 is 0 Å². The van der Waals surface area contributed by atoms with E-state index in [2.05, 4.69) is 14.7 Å². The summed E-state index contributed by atoms with van der Waals surface area (Å²) >= 11 is 11.1. The van der Waals surface area contributed by atoms with Crippen molar-refractivity contribution in [1.82, 2.24) is 15.2 Å². The van der Waals surface area contributed by atoms with Gasteiger partial charge in [-0.1, -0.05) is 66.5 Å². The third-order valence-corrected chi connectivity index (χ3v) is 4.26. The first-order valence-electron chi connectivity index (χ1n) is 8.57. The molecular formula is C18H18Cl2F3N3O3. The minimum atomic E-state index is -4.71. The van der Waals surface area contributed by atoms with Crippen LogP contribution in [0, 0.1) is 5.92 Å². The Balaban J connectivity index is 2.13.